The van der Waals surface area contributed by atoms with Crippen LogP contribution in [0.4, 0.5) is 10.1 Å². The van der Waals surface area contributed by atoms with Gasteiger partial charge in [0.25, 0.3) is 0 Å². The van der Waals surface area contributed by atoms with Gasteiger partial charge < -0.3 is 5.32 Å². The Labute approximate surface area is 243 Å². The number of halogens is 2. The molecule has 3 aromatic carbocycles. The maximum Gasteiger partial charge on any atom is 0.238 e. The van der Waals surface area contributed by atoms with Crippen molar-refractivity contribution in [2.75, 3.05) is 5.32 Å². The predicted molar refractivity (Wildman–Crippen MR) is 157 cm³/mol. The Morgan fingerprint density at radius 1 is 1.15 bits per heavy atom. The fraction of sp³-hybridized carbons (Fsp3) is 0.233. The van der Waals surface area contributed by atoms with Crippen LogP contribution in [-0.2, 0) is 27.7 Å². The van der Waals surface area contributed by atoms with Crippen LogP contribution in [0, 0.1) is 17.1 Å². The second-order valence-electron chi connectivity index (χ2n) is 9.49. The molecule has 0 aliphatic rings. The molecule has 8 nitrogen and oxygen atoms in total. The summed E-state index contributed by atoms with van der Waals surface area (Å²) in [5.74, 6) is -0.735. The number of nitriles is 1. The van der Waals surface area contributed by atoms with Gasteiger partial charge in [-0.15, -0.1) is 0 Å². The lowest BCUT2D eigenvalue weighted by Crippen LogP contribution is -2.13. The highest BCUT2D eigenvalue weighted by Gasteiger charge is 2.23. The molecule has 1 amide bonds. The molecule has 0 aliphatic heterocycles. The number of hydrogen-bond acceptors (Lipinski definition) is 5. The Hall–Kier alpha value is -4.04. The molecule has 0 bridgehead atoms. The number of nitrogens with two attached hydrogens (primary N) is 1. The minimum Gasteiger partial charge on any atom is -0.326 e. The second kappa shape index (κ2) is 12.6. The molecule has 3 N–H and O–H groups in total. The number of nitrogens with one attached hydrogen (secondary N) is 1. The molecular formula is C30H29ClFN5O3S. The molecule has 212 valence electrons. The number of primary sulfonamides is 1. The summed E-state index contributed by atoms with van der Waals surface area (Å²) in [5.41, 5.74) is 3.30. The van der Waals surface area contributed by atoms with Gasteiger partial charge in [-0.3, -0.25) is 4.79 Å². The Bertz CT molecular complexity index is 1760. The van der Waals surface area contributed by atoms with E-state index in [1.54, 1.807) is 55.5 Å². The number of unbranched alkanes of at least 4 members (excludes halogenated alkanes) is 1. The van der Waals surface area contributed by atoms with Gasteiger partial charge in [-0.25, -0.2) is 22.6 Å². The van der Waals surface area contributed by atoms with E-state index in [-0.39, 0.29) is 22.9 Å². The SMILES string of the molecule is CCCCc1nn(-c2cc(NC(=O)CC)ccc2Cl)c(C#N)c1Cc1ccc(-c2ccccc2S(N)(=O)=O)cc1F. The number of carbonyl (C=O) groups is 1. The van der Waals surface area contributed by atoms with Gasteiger partial charge in [-0.1, -0.05) is 62.2 Å². The van der Waals surface area contributed by atoms with Crippen molar-refractivity contribution in [3.63, 3.8) is 0 Å². The molecule has 4 aromatic rings. The second-order valence-corrected chi connectivity index (χ2v) is 11.4. The fourth-order valence-corrected chi connectivity index (χ4v) is 5.48. The number of rotatable bonds is 10. The van der Waals surface area contributed by atoms with Crippen molar-refractivity contribution >= 4 is 33.2 Å². The Balaban J connectivity index is 1.78. The van der Waals surface area contributed by atoms with Crippen LogP contribution in [0.1, 0.15) is 55.6 Å². The third kappa shape index (κ3) is 6.65. The van der Waals surface area contributed by atoms with E-state index in [9.17, 15) is 18.5 Å². The maximum atomic E-state index is 15.5. The van der Waals surface area contributed by atoms with Crippen LogP contribution in [0.2, 0.25) is 5.02 Å². The first kappa shape index (κ1) is 29.9. The van der Waals surface area contributed by atoms with Gasteiger partial charge in [0.2, 0.25) is 15.9 Å². The molecule has 4 rings (SSSR count). The summed E-state index contributed by atoms with van der Waals surface area (Å²) < 4.78 is 41.1. The van der Waals surface area contributed by atoms with E-state index < -0.39 is 15.8 Å². The van der Waals surface area contributed by atoms with Crippen LogP contribution < -0.4 is 10.5 Å². The number of carbonyl (C=O) groups excluding carboxylic acids is 1. The number of hydrogen-bond donors (Lipinski definition) is 2. The maximum absolute atomic E-state index is 15.5. The molecule has 41 heavy (non-hydrogen) atoms. The Kier molecular flexibility index (Phi) is 9.23. The Morgan fingerprint density at radius 3 is 2.56 bits per heavy atom. The summed E-state index contributed by atoms with van der Waals surface area (Å²) in [6, 6.07) is 17.7. The summed E-state index contributed by atoms with van der Waals surface area (Å²) in [6.07, 6.45) is 2.64. The largest absolute Gasteiger partial charge is 0.326 e. The van der Waals surface area contributed by atoms with E-state index in [0.717, 1.165) is 12.8 Å². The van der Waals surface area contributed by atoms with Crippen molar-refractivity contribution in [3.8, 4) is 22.9 Å². The molecule has 0 aliphatic carbocycles. The van der Waals surface area contributed by atoms with Gasteiger partial charge in [-0.05, 0) is 54.3 Å². The lowest BCUT2D eigenvalue weighted by atomic mass is 9.97. The minimum absolute atomic E-state index is 0.0781. The average molecular weight is 594 g/mol. The van der Waals surface area contributed by atoms with Gasteiger partial charge in [0.1, 0.15) is 17.6 Å². The van der Waals surface area contributed by atoms with Crippen LogP contribution in [0.3, 0.4) is 0 Å². The highest BCUT2D eigenvalue weighted by molar-refractivity contribution is 7.89. The highest BCUT2D eigenvalue weighted by Crippen LogP contribution is 2.32. The third-order valence-electron chi connectivity index (χ3n) is 6.64. The van der Waals surface area contributed by atoms with Crippen molar-refractivity contribution in [2.24, 2.45) is 5.14 Å². The predicted octanol–water partition coefficient (Wildman–Crippen LogP) is 6.13. The number of amides is 1. The minimum atomic E-state index is -4.02. The molecule has 0 spiro atoms. The molecule has 0 radical (unpaired) electrons. The quantitative estimate of drug-likeness (QED) is 0.228. The molecule has 0 saturated carbocycles. The molecular weight excluding hydrogens is 565 g/mol. The van der Waals surface area contributed by atoms with Crippen LogP contribution in [0.15, 0.2) is 65.6 Å². The van der Waals surface area contributed by atoms with E-state index in [1.807, 2.05) is 6.92 Å². The smallest absolute Gasteiger partial charge is 0.238 e. The first-order chi connectivity index (χ1) is 19.6. The molecule has 0 atom stereocenters. The third-order valence-corrected chi connectivity index (χ3v) is 7.93. The normalized spacial score (nSPS) is 11.3. The van der Waals surface area contributed by atoms with E-state index in [4.69, 9.17) is 21.8 Å². The summed E-state index contributed by atoms with van der Waals surface area (Å²) in [7, 11) is -4.02. The van der Waals surface area contributed by atoms with Gasteiger partial charge in [0.05, 0.1) is 21.3 Å². The molecule has 1 aromatic heterocycles. The van der Waals surface area contributed by atoms with Gasteiger partial charge in [0.15, 0.2) is 0 Å². The summed E-state index contributed by atoms with van der Waals surface area (Å²) in [5, 5.41) is 23.4. The van der Waals surface area contributed by atoms with Crippen molar-refractivity contribution in [2.45, 2.75) is 50.8 Å². The molecule has 0 saturated heterocycles. The summed E-state index contributed by atoms with van der Waals surface area (Å²) in [6.45, 7) is 3.78. The van der Waals surface area contributed by atoms with E-state index in [2.05, 4.69) is 11.4 Å². The molecule has 0 fully saturated rings. The lowest BCUT2D eigenvalue weighted by molar-refractivity contribution is -0.115. The van der Waals surface area contributed by atoms with Crippen molar-refractivity contribution in [1.29, 1.82) is 5.26 Å². The molecule has 11 heteroatoms. The van der Waals surface area contributed by atoms with Gasteiger partial charge in [0, 0.05) is 29.7 Å². The first-order valence-electron chi connectivity index (χ1n) is 13.1. The van der Waals surface area contributed by atoms with Crippen molar-refractivity contribution in [3.05, 3.63) is 94.0 Å². The average Bonchev–Trinajstić information content (AvgIpc) is 3.30. The zero-order chi connectivity index (χ0) is 29.7. The first-order valence-corrected chi connectivity index (χ1v) is 15.0. The van der Waals surface area contributed by atoms with Crippen molar-refractivity contribution < 1.29 is 17.6 Å². The number of sulfonamides is 1. The monoisotopic (exact) mass is 593 g/mol. The molecule has 1 heterocycles. The zero-order valence-corrected chi connectivity index (χ0v) is 24.2. The lowest BCUT2D eigenvalue weighted by Gasteiger charge is -2.11. The van der Waals surface area contributed by atoms with Crippen LogP contribution in [0.5, 0.6) is 0 Å². The van der Waals surface area contributed by atoms with E-state index in [0.29, 0.717) is 57.2 Å². The van der Waals surface area contributed by atoms with Gasteiger partial charge in [-0.2, -0.15) is 10.4 Å². The summed E-state index contributed by atoms with van der Waals surface area (Å²) in [4.78, 5) is 11.8. The van der Waals surface area contributed by atoms with Crippen LogP contribution in [-0.4, -0.2) is 24.1 Å². The number of anilines is 1. The fourth-order valence-electron chi connectivity index (χ4n) is 4.52. The van der Waals surface area contributed by atoms with E-state index >= 15 is 4.39 Å². The van der Waals surface area contributed by atoms with Crippen LogP contribution in [0.25, 0.3) is 16.8 Å². The molecule has 0 unspecified atom stereocenters. The van der Waals surface area contributed by atoms with Crippen molar-refractivity contribution in [1.82, 2.24) is 9.78 Å². The standard InChI is InChI=1S/C30H29ClFN5O3S/c1-3-5-9-26-23(28(18-33)37(36-26)27-17-21(13-14-24(27)31)35-30(38)4-2)15-20-12-11-19(16-25(20)32)22-8-6-7-10-29(22)41(34,39)40/h6-8,10-14,16-17H,3-5,9,15H2,1-2H3,(H,35,38)(H2,34,39,40). The highest BCUT2D eigenvalue weighted by atomic mass is 35.5. The number of aryl methyl sites for hydroxylation is 1. The number of nitrogens with zero attached hydrogens (tertiary/aromatic N) is 3. The topological polar surface area (TPSA) is 131 Å². The van der Waals surface area contributed by atoms with Gasteiger partial charge >= 0.3 is 0 Å². The van der Waals surface area contributed by atoms with Crippen LogP contribution >= 0.6 is 11.6 Å². The zero-order valence-electron chi connectivity index (χ0n) is 22.6. The number of aromatic nitrogens is 2. The number of benzene rings is 3. The summed E-state index contributed by atoms with van der Waals surface area (Å²) >= 11 is 6.51. The van der Waals surface area contributed by atoms with E-state index in [1.165, 1.54) is 16.8 Å². The Morgan fingerprint density at radius 2 is 1.90 bits per heavy atom.